The van der Waals surface area contributed by atoms with Crippen molar-refractivity contribution in [2.45, 2.75) is 38.6 Å². The second-order valence-corrected chi connectivity index (χ2v) is 4.65. The van der Waals surface area contributed by atoms with Crippen LogP contribution in [0.3, 0.4) is 0 Å². The fourth-order valence-electron chi connectivity index (χ4n) is 1.96. The number of nitrogens with one attached hydrogen (secondary N) is 1. The number of hydrogen-bond donors (Lipinski definition) is 2. The summed E-state index contributed by atoms with van der Waals surface area (Å²) in [5.74, 6) is 1.46. The molecule has 3 N–H and O–H groups in total. The van der Waals surface area contributed by atoms with Crippen molar-refractivity contribution in [1.82, 2.24) is 9.97 Å². The van der Waals surface area contributed by atoms with Crippen LogP contribution in [0.4, 0.5) is 5.82 Å². The number of anilines is 1. The summed E-state index contributed by atoms with van der Waals surface area (Å²) in [6.45, 7) is 5.27. The van der Waals surface area contributed by atoms with E-state index in [0.717, 1.165) is 30.8 Å². The Balaban J connectivity index is 2.02. The van der Waals surface area contributed by atoms with E-state index >= 15 is 0 Å². The molecule has 1 aromatic rings. The van der Waals surface area contributed by atoms with Crippen LogP contribution < -0.4 is 15.8 Å². The predicted molar refractivity (Wildman–Crippen MR) is 67.2 cm³/mol. The highest BCUT2D eigenvalue weighted by Crippen LogP contribution is 2.29. The van der Waals surface area contributed by atoms with Gasteiger partial charge in [-0.05, 0) is 33.1 Å². The maximum Gasteiger partial charge on any atom is 0.221 e. The van der Waals surface area contributed by atoms with Crippen LogP contribution in [-0.4, -0.2) is 28.7 Å². The van der Waals surface area contributed by atoms with Gasteiger partial charge in [0.1, 0.15) is 12.1 Å². The standard InChI is InChI=1S/C12H20N4O/c1-3-17-11-9(2)10(15-8-16-11)14-7-12(13)5-4-6-12/h8H,3-7,13H2,1-2H3,(H,14,15,16). The molecule has 1 aromatic heterocycles. The van der Waals surface area contributed by atoms with Crippen molar-refractivity contribution in [3.63, 3.8) is 0 Å². The van der Waals surface area contributed by atoms with Crippen molar-refractivity contribution in [2.24, 2.45) is 5.73 Å². The van der Waals surface area contributed by atoms with Gasteiger partial charge in [0.15, 0.2) is 0 Å². The molecule has 17 heavy (non-hydrogen) atoms. The van der Waals surface area contributed by atoms with Gasteiger partial charge in [0.2, 0.25) is 5.88 Å². The largest absolute Gasteiger partial charge is 0.478 e. The summed E-state index contributed by atoms with van der Waals surface area (Å²) >= 11 is 0. The first-order chi connectivity index (χ1) is 8.14. The normalized spacial score (nSPS) is 17.4. The maximum atomic E-state index is 6.16. The van der Waals surface area contributed by atoms with E-state index < -0.39 is 0 Å². The quantitative estimate of drug-likeness (QED) is 0.810. The zero-order chi connectivity index (χ0) is 12.3. The molecule has 5 nitrogen and oxygen atoms in total. The fourth-order valence-corrected chi connectivity index (χ4v) is 1.96. The second kappa shape index (κ2) is 4.87. The van der Waals surface area contributed by atoms with Gasteiger partial charge in [-0.25, -0.2) is 9.97 Å². The van der Waals surface area contributed by atoms with Gasteiger partial charge in [-0.3, -0.25) is 0 Å². The van der Waals surface area contributed by atoms with E-state index in [2.05, 4.69) is 15.3 Å². The molecule has 0 atom stereocenters. The molecule has 0 radical (unpaired) electrons. The van der Waals surface area contributed by atoms with Crippen molar-refractivity contribution in [1.29, 1.82) is 0 Å². The van der Waals surface area contributed by atoms with E-state index in [1.54, 1.807) is 0 Å². The Kier molecular flexibility index (Phi) is 3.47. The Morgan fingerprint density at radius 1 is 1.47 bits per heavy atom. The topological polar surface area (TPSA) is 73.1 Å². The highest BCUT2D eigenvalue weighted by molar-refractivity contribution is 5.48. The van der Waals surface area contributed by atoms with Crippen LogP contribution in [0.2, 0.25) is 0 Å². The number of hydrogen-bond acceptors (Lipinski definition) is 5. The third-order valence-electron chi connectivity index (χ3n) is 3.28. The lowest BCUT2D eigenvalue weighted by Crippen LogP contribution is -2.52. The Morgan fingerprint density at radius 3 is 2.82 bits per heavy atom. The van der Waals surface area contributed by atoms with E-state index in [4.69, 9.17) is 10.5 Å². The van der Waals surface area contributed by atoms with Crippen molar-refractivity contribution >= 4 is 5.82 Å². The van der Waals surface area contributed by atoms with Gasteiger partial charge in [0.05, 0.1) is 12.2 Å². The van der Waals surface area contributed by atoms with Gasteiger partial charge in [0, 0.05) is 12.1 Å². The van der Waals surface area contributed by atoms with Gasteiger partial charge in [-0.1, -0.05) is 0 Å². The molecule has 1 aliphatic carbocycles. The third kappa shape index (κ3) is 2.66. The molecule has 1 saturated carbocycles. The predicted octanol–water partition coefficient (Wildman–Crippen LogP) is 1.48. The summed E-state index contributed by atoms with van der Waals surface area (Å²) in [7, 11) is 0. The van der Waals surface area contributed by atoms with E-state index in [-0.39, 0.29) is 5.54 Å². The van der Waals surface area contributed by atoms with E-state index in [9.17, 15) is 0 Å². The summed E-state index contributed by atoms with van der Waals surface area (Å²) in [4.78, 5) is 8.33. The van der Waals surface area contributed by atoms with Crippen molar-refractivity contribution < 1.29 is 4.74 Å². The number of nitrogens with zero attached hydrogens (tertiary/aromatic N) is 2. The van der Waals surface area contributed by atoms with Crippen LogP contribution in [0.1, 0.15) is 31.7 Å². The minimum atomic E-state index is -0.0524. The summed E-state index contributed by atoms with van der Waals surface area (Å²) in [6.07, 6.45) is 4.92. The van der Waals surface area contributed by atoms with Gasteiger partial charge in [0.25, 0.3) is 0 Å². The van der Waals surface area contributed by atoms with Crippen molar-refractivity contribution in [3.8, 4) is 5.88 Å². The van der Waals surface area contributed by atoms with Crippen molar-refractivity contribution in [3.05, 3.63) is 11.9 Å². The van der Waals surface area contributed by atoms with Crippen LogP contribution in [0.15, 0.2) is 6.33 Å². The summed E-state index contributed by atoms with van der Waals surface area (Å²) < 4.78 is 5.43. The van der Waals surface area contributed by atoms with Gasteiger partial charge in [-0.2, -0.15) is 0 Å². The Labute approximate surface area is 102 Å². The van der Waals surface area contributed by atoms with E-state index in [0.29, 0.717) is 12.5 Å². The highest BCUT2D eigenvalue weighted by Gasteiger charge is 2.32. The Hall–Kier alpha value is -1.36. The molecule has 0 unspecified atom stereocenters. The highest BCUT2D eigenvalue weighted by atomic mass is 16.5. The molecule has 0 spiro atoms. The first kappa shape index (κ1) is 12.1. The number of aromatic nitrogens is 2. The summed E-state index contributed by atoms with van der Waals surface area (Å²) in [6, 6.07) is 0. The summed E-state index contributed by atoms with van der Waals surface area (Å²) in [5, 5.41) is 3.30. The molecule has 1 aliphatic rings. The molecular weight excluding hydrogens is 216 g/mol. The first-order valence-electron chi connectivity index (χ1n) is 6.12. The van der Waals surface area contributed by atoms with Crippen molar-refractivity contribution in [2.75, 3.05) is 18.5 Å². The molecular formula is C12H20N4O. The van der Waals surface area contributed by atoms with Crippen LogP contribution in [0.5, 0.6) is 5.88 Å². The Morgan fingerprint density at radius 2 is 2.24 bits per heavy atom. The van der Waals surface area contributed by atoms with Gasteiger partial charge in [-0.15, -0.1) is 0 Å². The maximum absolute atomic E-state index is 6.16. The first-order valence-corrected chi connectivity index (χ1v) is 6.12. The minimum Gasteiger partial charge on any atom is -0.478 e. The fraction of sp³-hybridized carbons (Fsp3) is 0.667. The Bertz CT molecular complexity index is 390. The van der Waals surface area contributed by atoms with Crippen LogP contribution in [0.25, 0.3) is 0 Å². The lowest BCUT2D eigenvalue weighted by molar-refractivity contribution is 0.265. The molecule has 1 heterocycles. The molecule has 0 aliphatic heterocycles. The molecule has 0 aromatic carbocycles. The molecule has 2 rings (SSSR count). The number of rotatable bonds is 5. The number of nitrogens with two attached hydrogens (primary N) is 1. The zero-order valence-electron chi connectivity index (χ0n) is 10.5. The molecule has 1 fully saturated rings. The average Bonchev–Trinajstić information content (AvgIpc) is 2.28. The minimum absolute atomic E-state index is 0.0524. The summed E-state index contributed by atoms with van der Waals surface area (Å²) in [5.41, 5.74) is 7.05. The lowest BCUT2D eigenvalue weighted by atomic mass is 9.78. The van der Waals surface area contributed by atoms with Crippen LogP contribution in [0, 0.1) is 6.92 Å². The average molecular weight is 236 g/mol. The van der Waals surface area contributed by atoms with E-state index in [1.807, 2.05) is 13.8 Å². The monoisotopic (exact) mass is 236 g/mol. The lowest BCUT2D eigenvalue weighted by Gasteiger charge is -2.38. The zero-order valence-corrected chi connectivity index (χ0v) is 10.5. The third-order valence-corrected chi connectivity index (χ3v) is 3.28. The van der Waals surface area contributed by atoms with Gasteiger partial charge >= 0.3 is 0 Å². The molecule has 5 heteroatoms. The molecule has 0 amide bonds. The molecule has 0 saturated heterocycles. The molecule has 0 bridgehead atoms. The van der Waals surface area contributed by atoms with Gasteiger partial charge < -0.3 is 15.8 Å². The van der Waals surface area contributed by atoms with Crippen LogP contribution >= 0.6 is 0 Å². The number of ether oxygens (including phenoxy) is 1. The van der Waals surface area contributed by atoms with Crippen LogP contribution in [-0.2, 0) is 0 Å². The smallest absolute Gasteiger partial charge is 0.221 e. The second-order valence-electron chi connectivity index (χ2n) is 4.65. The molecule has 94 valence electrons. The van der Waals surface area contributed by atoms with E-state index in [1.165, 1.54) is 12.7 Å². The SMILES string of the molecule is CCOc1ncnc(NCC2(N)CCC2)c1C.